The summed E-state index contributed by atoms with van der Waals surface area (Å²) in [7, 11) is 1.74. The van der Waals surface area contributed by atoms with Crippen LogP contribution in [0.4, 0.5) is 0 Å². The maximum Gasteiger partial charge on any atom is 0.251 e. The van der Waals surface area contributed by atoms with Crippen molar-refractivity contribution in [1.29, 1.82) is 0 Å². The Morgan fingerprint density at radius 3 is 2.78 bits per heavy atom. The minimum absolute atomic E-state index is 0.0203. The second-order valence-electron chi connectivity index (χ2n) is 7.48. The minimum atomic E-state index is -0.264. The van der Waals surface area contributed by atoms with Crippen molar-refractivity contribution in [3.05, 3.63) is 46.8 Å². The highest BCUT2D eigenvalue weighted by Crippen LogP contribution is 2.36. The molecule has 144 valence electrons. The lowest BCUT2D eigenvalue weighted by Gasteiger charge is -2.48. The van der Waals surface area contributed by atoms with Crippen LogP contribution < -0.4 is 5.56 Å². The SMILES string of the molecule is COC1CCCOC12CCN(C(=O)Cn1c(=O)ccc3ccccc31)CC2. The zero-order valence-electron chi connectivity index (χ0n) is 15.7. The molecule has 0 aliphatic carbocycles. The number of ether oxygens (including phenoxy) is 2. The van der Waals surface area contributed by atoms with Gasteiger partial charge in [-0.1, -0.05) is 18.2 Å². The van der Waals surface area contributed by atoms with Gasteiger partial charge in [0.15, 0.2) is 0 Å². The molecule has 0 saturated carbocycles. The number of methoxy groups -OCH3 is 1. The summed E-state index contributed by atoms with van der Waals surface area (Å²) in [5, 5.41) is 0.959. The molecule has 1 amide bonds. The Labute approximate surface area is 158 Å². The van der Waals surface area contributed by atoms with Crippen LogP contribution in [0.1, 0.15) is 25.7 Å². The number of nitrogens with zero attached hydrogens (tertiary/aromatic N) is 2. The molecule has 4 rings (SSSR count). The van der Waals surface area contributed by atoms with E-state index < -0.39 is 0 Å². The molecule has 27 heavy (non-hydrogen) atoms. The third-order valence-corrected chi connectivity index (χ3v) is 6.03. The molecule has 0 bridgehead atoms. The number of likely N-dealkylation sites (tertiary alicyclic amines) is 1. The van der Waals surface area contributed by atoms with Gasteiger partial charge in [0.25, 0.3) is 5.56 Å². The first kappa shape index (κ1) is 18.2. The molecule has 1 unspecified atom stereocenters. The minimum Gasteiger partial charge on any atom is -0.378 e. The number of hydrogen-bond donors (Lipinski definition) is 0. The van der Waals surface area contributed by atoms with Crippen LogP contribution in [-0.2, 0) is 20.8 Å². The molecule has 1 spiro atoms. The number of hydrogen-bond acceptors (Lipinski definition) is 4. The quantitative estimate of drug-likeness (QED) is 0.831. The third-order valence-electron chi connectivity index (χ3n) is 6.03. The van der Waals surface area contributed by atoms with Crippen molar-refractivity contribution in [3.63, 3.8) is 0 Å². The Bertz CT molecular complexity index is 883. The highest BCUT2D eigenvalue weighted by Gasteiger charge is 2.45. The fourth-order valence-corrected chi connectivity index (χ4v) is 4.48. The second-order valence-corrected chi connectivity index (χ2v) is 7.48. The Hall–Kier alpha value is -2.18. The van der Waals surface area contributed by atoms with E-state index in [4.69, 9.17) is 9.47 Å². The fraction of sp³-hybridized carbons (Fsp3) is 0.524. The van der Waals surface area contributed by atoms with Crippen molar-refractivity contribution in [3.8, 4) is 0 Å². The topological polar surface area (TPSA) is 60.8 Å². The van der Waals surface area contributed by atoms with E-state index in [9.17, 15) is 9.59 Å². The van der Waals surface area contributed by atoms with Crippen molar-refractivity contribution in [2.24, 2.45) is 0 Å². The summed E-state index contributed by atoms with van der Waals surface area (Å²) in [6.45, 7) is 2.11. The molecule has 6 heteroatoms. The molecule has 2 aromatic rings. The number of para-hydroxylation sites is 1. The lowest BCUT2D eigenvalue weighted by molar-refractivity contribution is -0.188. The van der Waals surface area contributed by atoms with Gasteiger partial charge in [-0.3, -0.25) is 14.2 Å². The molecule has 0 radical (unpaired) electrons. The van der Waals surface area contributed by atoms with Gasteiger partial charge in [0.05, 0.1) is 17.2 Å². The monoisotopic (exact) mass is 370 g/mol. The number of rotatable bonds is 3. The smallest absolute Gasteiger partial charge is 0.251 e. The number of amides is 1. The number of carbonyl (C=O) groups is 1. The number of aromatic nitrogens is 1. The molecule has 3 heterocycles. The van der Waals surface area contributed by atoms with Gasteiger partial charge in [-0.05, 0) is 43.2 Å². The average molecular weight is 370 g/mol. The van der Waals surface area contributed by atoms with Crippen LogP contribution in [-0.4, -0.2) is 53.9 Å². The Kier molecular flexibility index (Phi) is 5.02. The van der Waals surface area contributed by atoms with E-state index in [1.165, 1.54) is 6.07 Å². The number of piperidine rings is 1. The summed E-state index contributed by atoms with van der Waals surface area (Å²) in [4.78, 5) is 27.1. The van der Waals surface area contributed by atoms with Gasteiger partial charge in [-0.25, -0.2) is 0 Å². The molecular formula is C21H26N2O4. The predicted octanol–water partition coefficient (Wildman–Crippen LogP) is 2.19. The maximum absolute atomic E-state index is 12.9. The van der Waals surface area contributed by atoms with E-state index in [1.807, 2.05) is 29.2 Å². The predicted molar refractivity (Wildman–Crippen MR) is 103 cm³/mol. The summed E-state index contributed by atoms with van der Waals surface area (Å²) in [5.41, 5.74) is 0.382. The summed E-state index contributed by atoms with van der Waals surface area (Å²) in [6.07, 6.45) is 3.69. The van der Waals surface area contributed by atoms with E-state index in [1.54, 1.807) is 17.7 Å². The van der Waals surface area contributed by atoms with E-state index >= 15 is 0 Å². The average Bonchev–Trinajstić information content (AvgIpc) is 2.71. The lowest BCUT2D eigenvalue weighted by atomic mass is 9.82. The molecule has 2 aliphatic heterocycles. The van der Waals surface area contributed by atoms with Gasteiger partial charge in [-0.2, -0.15) is 0 Å². The molecule has 1 aromatic carbocycles. The molecule has 6 nitrogen and oxygen atoms in total. The zero-order chi connectivity index (χ0) is 18.9. The van der Waals surface area contributed by atoms with Crippen molar-refractivity contribution in [2.75, 3.05) is 26.8 Å². The van der Waals surface area contributed by atoms with Crippen LogP contribution in [0.5, 0.6) is 0 Å². The van der Waals surface area contributed by atoms with Crippen molar-refractivity contribution in [1.82, 2.24) is 9.47 Å². The normalized spacial score (nSPS) is 22.3. The highest BCUT2D eigenvalue weighted by molar-refractivity contribution is 5.82. The number of carbonyl (C=O) groups excluding carboxylic acids is 1. The van der Waals surface area contributed by atoms with Crippen molar-refractivity contribution < 1.29 is 14.3 Å². The van der Waals surface area contributed by atoms with Crippen LogP contribution in [0.2, 0.25) is 0 Å². The highest BCUT2D eigenvalue weighted by atomic mass is 16.5. The van der Waals surface area contributed by atoms with Crippen LogP contribution in [0.25, 0.3) is 10.9 Å². The van der Waals surface area contributed by atoms with Crippen LogP contribution >= 0.6 is 0 Å². The standard InChI is InChI=1S/C21H26N2O4/c1-26-18-7-4-14-27-21(18)10-12-22(13-11-21)20(25)15-23-17-6-3-2-5-16(17)8-9-19(23)24/h2-3,5-6,8-9,18H,4,7,10-15H2,1H3. The van der Waals surface area contributed by atoms with Gasteiger partial charge in [0, 0.05) is 32.9 Å². The van der Waals surface area contributed by atoms with Crippen molar-refractivity contribution >= 4 is 16.8 Å². The summed E-state index contributed by atoms with van der Waals surface area (Å²) in [6, 6.07) is 11.0. The zero-order valence-corrected chi connectivity index (χ0v) is 15.7. The molecule has 2 fully saturated rings. The van der Waals surface area contributed by atoms with Crippen LogP contribution in [0.3, 0.4) is 0 Å². The number of benzene rings is 1. The third kappa shape index (κ3) is 3.39. The van der Waals surface area contributed by atoms with Gasteiger partial charge in [-0.15, -0.1) is 0 Å². The maximum atomic E-state index is 12.9. The van der Waals surface area contributed by atoms with E-state index in [2.05, 4.69) is 0 Å². The fourth-order valence-electron chi connectivity index (χ4n) is 4.48. The summed E-state index contributed by atoms with van der Waals surface area (Å²) < 4.78 is 13.3. The largest absolute Gasteiger partial charge is 0.378 e. The Balaban J connectivity index is 1.48. The van der Waals surface area contributed by atoms with Gasteiger partial charge in [0.1, 0.15) is 6.54 Å². The molecule has 1 aromatic heterocycles. The first-order valence-electron chi connectivity index (χ1n) is 9.66. The van der Waals surface area contributed by atoms with E-state index in [0.717, 1.165) is 43.2 Å². The van der Waals surface area contributed by atoms with Gasteiger partial charge < -0.3 is 14.4 Å². The molecular weight excluding hydrogens is 344 g/mol. The Morgan fingerprint density at radius 2 is 2.00 bits per heavy atom. The molecule has 0 N–H and O–H groups in total. The molecule has 2 saturated heterocycles. The number of pyridine rings is 1. The first-order chi connectivity index (χ1) is 13.1. The lowest BCUT2D eigenvalue weighted by Crippen LogP contribution is -2.57. The van der Waals surface area contributed by atoms with Gasteiger partial charge >= 0.3 is 0 Å². The van der Waals surface area contributed by atoms with E-state index in [-0.39, 0.29) is 29.7 Å². The first-order valence-corrected chi connectivity index (χ1v) is 9.66. The summed E-state index contributed by atoms with van der Waals surface area (Å²) in [5.74, 6) is -0.0203. The van der Waals surface area contributed by atoms with E-state index in [0.29, 0.717) is 13.1 Å². The second kappa shape index (κ2) is 7.44. The Morgan fingerprint density at radius 1 is 1.22 bits per heavy atom. The molecule has 1 atom stereocenters. The van der Waals surface area contributed by atoms with Crippen LogP contribution in [0, 0.1) is 0 Å². The van der Waals surface area contributed by atoms with Crippen molar-refractivity contribution in [2.45, 2.75) is 43.9 Å². The summed E-state index contributed by atoms with van der Waals surface area (Å²) >= 11 is 0. The number of fused-ring (bicyclic) bond motifs is 1. The van der Waals surface area contributed by atoms with Gasteiger partial charge in [0.2, 0.25) is 5.91 Å². The molecule has 2 aliphatic rings. The van der Waals surface area contributed by atoms with Crippen LogP contribution in [0.15, 0.2) is 41.2 Å².